The third-order valence-corrected chi connectivity index (χ3v) is 9.21. The number of hydrogen-bond donors (Lipinski definition) is 2. The van der Waals surface area contributed by atoms with Crippen molar-refractivity contribution in [3.63, 3.8) is 0 Å². The Bertz CT molecular complexity index is 1280. The lowest BCUT2D eigenvalue weighted by Gasteiger charge is -2.58. The zero-order chi connectivity index (χ0) is 26.2. The molecule has 1 amide bonds. The Balaban J connectivity index is 1.37. The zero-order valence-electron chi connectivity index (χ0n) is 20.6. The molecule has 37 heavy (non-hydrogen) atoms. The number of para-hydroxylation sites is 1. The number of hydrogen-bond acceptors (Lipinski definition) is 5. The zero-order valence-corrected chi connectivity index (χ0v) is 21.4. The number of Topliss-reactive ketones (excluding diaryl/α,β-unsaturated/α-hetero) is 1. The van der Waals surface area contributed by atoms with Gasteiger partial charge in [-0.1, -0.05) is 37.3 Å². The van der Waals surface area contributed by atoms with Gasteiger partial charge in [-0.15, -0.1) is 11.8 Å². The number of carbonyl (C=O) groups is 2. The van der Waals surface area contributed by atoms with Crippen LogP contribution in [-0.4, -0.2) is 45.1 Å². The number of carbonyl (C=O) groups excluding carboxylic acids is 2. The molecular weight excluding hydrogens is 489 g/mol. The van der Waals surface area contributed by atoms with Gasteiger partial charge in [-0.2, -0.15) is 0 Å². The smallest absolute Gasteiger partial charge is 0.242 e. The number of nitrogens with zero attached hydrogens (tertiary/aromatic N) is 1. The molecule has 0 spiro atoms. The van der Waals surface area contributed by atoms with E-state index in [0.717, 1.165) is 17.7 Å². The van der Waals surface area contributed by atoms with Crippen molar-refractivity contribution in [2.75, 3.05) is 10.7 Å². The molecule has 5 rings (SSSR count). The molecule has 3 aromatic carbocycles. The van der Waals surface area contributed by atoms with E-state index in [1.54, 1.807) is 17.0 Å². The first kappa shape index (κ1) is 25.5. The standard InChI is InChI=1S/C30H30FNO4S/c1-30(15-14-21(17-26(30)35)20-6-5-9-24(33)16-20)28-27(29(36)32(28)23-7-3-2-4-8-23)37-18-25(34)19-10-12-22(31)13-11-19/h2-13,16,21,26-28,33,35H,14-15,17-18H2,1H3/t21?,26?,27-,28+,30-/m1/s1. The number of aliphatic hydroxyl groups is 1. The molecule has 2 aliphatic rings. The van der Waals surface area contributed by atoms with Crippen LogP contribution in [0.1, 0.15) is 48.0 Å². The summed E-state index contributed by atoms with van der Waals surface area (Å²) in [6.07, 6.45) is 1.36. The fourth-order valence-corrected chi connectivity index (χ4v) is 7.13. The molecule has 5 atom stereocenters. The maximum absolute atomic E-state index is 13.4. The molecule has 1 heterocycles. The number of aromatic hydroxyl groups is 1. The molecule has 5 nitrogen and oxygen atoms in total. The van der Waals surface area contributed by atoms with Crippen LogP contribution in [0.15, 0.2) is 78.9 Å². The van der Waals surface area contributed by atoms with Gasteiger partial charge in [-0.25, -0.2) is 4.39 Å². The molecular formula is C30H30FNO4S. The minimum Gasteiger partial charge on any atom is -0.508 e. The van der Waals surface area contributed by atoms with E-state index in [2.05, 4.69) is 0 Å². The maximum atomic E-state index is 13.4. The van der Waals surface area contributed by atoms with Gasteiger partial charge in [0.05, 0.1) is 17.9 Å². The first-order valence-electron chi connectivity index (χ1n) is 12.5. The minimum atomic E-state index is -0.672. The van der Waals surface area contributed by atoms with Gasteiger partial charge >= 0.3 is 0 Å². The number of anilines is 1. The van der Waals surface area contributed by atoms with E-state index in [9.17, 15) is 24.2 Å². The van der Waals surface area contributed by atoms with Crippen LogP contribution in [0.2, 0.25) is 0 Å². The van der Waals surface area contributed by atoms with Crippen molar-refractivity contribution < 1.29 is 24.2 Å². The van der Waals surface area contributed by atoms with Gasteiger partial charge in [-0.05, 0) is 79.3 Å². The highest BCUT2D eigenvalue weighted by atomic mass is 32.2. The van der Waals surface area contributed by atoms with E-state index in [1.165, 1.54) is 36.0 Å². The predicted molar refractivity (Wildman–Crippen MR) is 144 cm³/mol. The first-order valence-corrected chi connectivity index (χ1v) is 13.6. The second kappa shape index (κ2) is 10.3. The highest BCUT2D eigenvalue weighted by Gasteiger charge is 2.60. The van der Waals surface area contributed by atoms with Crippen molar-refractivity contribution in [3.8, 4) is 5.75 Å². The number of ketones is 1. The normalized spacial score (nSPS) is 27.5. The second-order valence-electron chi connectivity index (χ2n) is 10.2. The SMILES string of the molecule is C[C@@]1([C@@H]2[C@@H](SCC(=O)c3ccc(F)cc3)C(=O)N2c2ccccc2)CCC(c2cccc(O)c2)CC1O. The topological polar surface area (TPSA) is 77.8 Å². The van der Waals surface area contributed by atoms with Crippen LogP contribution in [0.3, 0.4) is 0 Å². The Labute approximate surface area is 220 Å². The lowest BCUT2D eigenvalue weighted by Crippen LogP contribution is -2.72. The maximum Gasteiger partial charge on any atom is 0.242 e. The van der Waals surface area contributed by atoms with E-state index in [-0.39, 0.29) is 35.2 Å². The number of amides is 1. The van der Waals surface area contributed by atoms with Crippen molar-refractivity contribution in [2.45, 2.75) is 49.5 Å². The minimum absolute atomic E-state index is 0.0726. The molecule has 2 N–H and O–H groups in total. The summed E-state index contributed by atoms with van der Waals surface area (Å²) >= 11 is 1.30. The van der Waals surface area contributed by atoms with Gasteiger partial charge in [0.1, 0.15) is 16.8 Å². The highest BCUT2D eigenvalue weighted by Crippen LogP contribution is 2.53. The Morgan fingerprint density at radius 1 is 1.08 bits per heavy atom. The molecule has 1 aliphatic carbocycles. The number of phenols is 1. The van der Waals surface area contributed by atoms with Crippen molar-refractivity contribution >= 4 is 29.1 Å². The third-order valence-electron chi connectivity index (χ3n) is 7.96. The van der Waals surface area contributed by atoms with Crippen LogP contribution in [0.4, 0.5) is 10.1 Å². The Kier molecular flexibility index (Phi) is 7.10. The van der Waals surface area contributed by atoms with E-state index in [4.69, 9.17) is 0 Å². The lowest BCUT2D eigenvalue weighted by molar-refractivity contribution is -0.129. The summed E-state index contributed by atoms with van der Waals surface area (Å²) in [4.78, 5) is 28.0. The molecule has 2 fully saturated rings. The summed E-state index contributed by atoms with van der Waals surface area (Å²) in [6.45, 7) is 2.04. The molecule has 1 aliphatic heterocycles. The fraction of sp³-hybridized carbons (Fsp3) is 0.333. The number of benzene rings is 3. The van der Waals surface area contributed by atoms with Crippen LogP contribution in [0, 0.1) is 11.2 Å². The summed E-state index contributed by atoms with van der Waals surface area (Å²) in [7, 11) is 0. The van der Waals surface area contributed by atoms with E-state index >= 15 is 0 Å². The molecule has 2 unspecified atom stereocenters. The van der Waals surface area contributed by atoms with E-state index in [1.807, 2.05) is 49.4 Å². The molecule has 0 bridgehead atoms. The Morgan fingerprint density at radius 2 is 1.81 bits per heavy atom. The van der Waals surface area contributed by atoms with Crippen molar-refractivity contribution in [2.24, 2.45) is 5.41 Å². The molecule has 0 aromatic heterocycles. The summed E-state index contributed by atoms with van der Waals surface area (Å²) < 4.78 is 13.3. The summed E-state index contributed by atoms with van der Waals surface area (Å²) in [5, 5.41) is 20.9. The molecule has 0 radical (unpaired) electrons. The Morgan fingerprint density at radius 3 is 2.49 bits per heavy atom. The lowest BCUT2D eigenvalue weighted by atomic mass is 9.61. The molecule has 192 valence electrons. The van der Waals surface area contributed by atoms with Crippen LogP contribution < -0.4 is 4.90 Å². The largest absolute Gasteiger partial charge is 0.508 e. The molecule has 1 saturated carbocycles. The number of halogens is 1. The number of aliphatic hydroxyl groups excluding tert-OH is 1. The van der Waals surface area contributed by atoms with Crippen molar-refractivity contribution in [1.82, 2.24) is 0 Å². The third kappa shape index (κ3) is 4.90. The van der Waals surface area contributed by atoms with E-state index in [0.29, 0.717) is 18.4 Å². The van der Waals surface area contributed by atoms with Crippen molar-refractivity contribution in [1.29, 1.82) is 0 Å². The highest BCUT2D eigenvalue weighted by molar-refractivity contribution is 8.01. The monoisotopic (exact) mass is 519 g/mol. The van der Waals surface area contributed by atoms with Crippen molar-refractivity contribution in [3.05, 3.63) is 95.8 Å². The number of rotatable bonds is 7. The van der Waals surface area contributed by atoms with Gasteiger partial charge in [-0.3, -0.25) is 9.59 Å². The molecule has 1 saturated heterocycles. The average molecular weight is 520 g/mol. The van der Waals surface area contributed by atoms with Gasteiger partial charge < -0.3 is 15.1 Å². The van der Waals surface area contributed by atoms with Gasteiger partial charge in [0.15, 0.2) is 5.78 Å². The average Bonchev–Trinajstić information content (AvgIpc) is 2.89. The van der Waals surface area contributed by atoms with E-state index < -0.39 is 22.6 Å². The fourth-order valence-electron chi connectivity index (χ4n) is 5.76. The number of thioether (sulfide) groups is 1. The summed E-state index contributed by atoms with van der Waals surface area (Å²) in [5.41, 5.74) is 1.62. The quantitative estimate of drug-likeness (QED) is 0.315. The first-order chi connectivity index (χ1) is 17.8. The van der Waals surface area contributed by atoms with Crippen LogP contribution in [0.5, 0.6) is 5.75 Å². The number of β-lactam (4-membered cyclic amide) rings is 1. The van der Waals surface area contributed by atoms with Gasteiger partial charge in [0.2, 0.25) is 5.91 Å². The van der Waals surface area contributed by atoms with Crippen LogP contribution >= 0.6 is 11.8 Å². The predicted octanol–water partition coefficient (Wildman–Crippen LogP) is 5.57. The number of phenolic OH excluding ortho intramolecular Hbond substituents is 1. The van der Waals surface area contributed by atoms with Gasteiger partial charge in [0.25, 0.3) is 0 Å². The second-order valence-corrected chi connectivity index (χ2v) is 11.4. The molecule has 3 aromatic rings. The van der Waals surface area contributed by atoms with Crippen LogP contribution in [-0.2, 0) is 4.79 Å². The Hall–Kier alpha value is -3.16. The molecule has 7 heteroatoms. The van der Waals surface area contributed by atoms with Crippen LogP contribution in [0.25, 0.3) is 0 Å². The summed E-state index contributed by atoms with van der Waals surface area (Å²) in [5.74, 6) is -0.214. The summed E-state index contributed by atoms with van der Waals surface area (Å²) in [6, 6.07) is 21.8. The van der Waals surface area contributed by atoms with Gasteiger partial charge in [0, 0.05) is 16.7 Å².